The first-order valence-corrected chi connectivity index (χ1v) is 30.0. The maximum atomic E-state index is 14.1. The highest BCUT2D eigenvalue weighted by atomic mass is 32.2. The zero-order chi connectivity index (χ0) is 51.5. The third-order valence-electron chi connectivity index (χ3n) is 9.64. The number of allylic oxidation sites excluding steroid dienone is 1. The van der Waals surface area contributed by atoms with Crippen LogP contribution in [0.15, 0.2) is 63.0 Å². The summed E-state index contributed by atoms with van der Waals surface area (Å²) in [7, 11) is -14.7. The lowest BCUT2D eigenvalue weighted by atomic mass is 10.1. The molecule has 26 nitrogen and oxygen atoms in total. The van der Waals surface area contributed by atoms with E-state index in [1.54, 1.807) is 0 Å². The summed E-state index contributed by atoms with van der Waals surface area (Å²) in [6.45, 7) is 15.7. The number of amides is 2. The van der Waals surface area contributed by atoms with Crippen molar-refractivity contribution in [1.82, 2.24) is 25.7 Å². The fourth-order valence-corrected chi connectivity index (χ4v) is 13.9. The van der Waals surface area contributed by atoms with Crippen LogP contribution < -0.4 is 32.4 Å². The Labute approximate surface area is 412 Å². The number of carbonyl (C=O) groups excluding carboxylic acids is 1. The average Bonchev–Trinajstić information content (AvgIpc) is 3.29. The summed E-state index contributed by atoms with van der Waals surface area (Å²) in [6.07, 6.45) is 3.22. The van der Waals surface area contributed by atoms with Crippen molar-refractivity contribution in [3.8, 4) is 0 Å². The second-order valence-corrected chi connectivity index (χ2v) is 24.0. The fourth-order valence-electron chi connectivity index (χ4n) is 6.72. The number of ether oxygens (including phenoxy) is 2. The Bertz CT molecular complexity index is 2200. The van der Waals surface area contributed by atoms with E-state index in [9.17, 15) is 31.3 Å². The molecule has 0 saturated heterocycles. The van der Waals surface area contributed by atoms with Crippen LogP contribution in [-0.4, -0.2) is 161 Å². The zero-order valence-corrected chi connectivity index (χ0v) is 44.4. The summed E-state index contributed by atoms with van der Waals surface area (Å²) >= 11 is 0. The Morgan fingerprint density at radius 2 is 1.29 bits per heavy atom. The molecule has 0 bridgehead atoms. The third-order valence-corrected chi connectivity index (χ3v) is 18.9. The minimum Gasteiger partial charge on any atom is -0.380 e. The van der Waals surface area contributed by atoms with Gasteiger partial charge in [-0.3, -0.25) is 4.55 Å². The van der Waals surface area contributed by atoms with E-state index in [2.05, 4.69) is 46.6 Å². The van der Waals surface area contributed by atoms with Crippen molar-refractivity contribution in [3.05, 3.63) is 47.8 Å². The Kier molecular flexibility index (Phi) is 26.4. The molecule has 1 aliphatic carbocycles. The van der Waals surface area contributed by atoms with Crippen LogP contribution in [0.1, 0.15) is 60.8 Å². The van der Waals surface area contributed by atoms with Crippen molar-refractivity contribution < 1.29 is 67.3 Å². The van der Waals surface area contributed by atoms with E-state index in [4.69, 9.17) is 41.8 Å². The lowest BCUT2D eigenvalue weighted by Crippen LogP contribution is -2.47. The molecule has 1 aromatic heterocycles. The fraction of sp³-hybridized carbons (Fsp3) is 0.650. The summed E-state index contributed by atoms with van der Waals surface area (Å²) in [5.41, 5.74) is 6.93. The highest BCUT2D eigenvalue weighted by molar-refractivity contribution is 7.92. The van der Waals surface area contributed by atoms with Crippen molar-refractivity contribution in [3.63, 3.8) is 0 Å². The monoisotopic (exact) mass is 1070 g/mol. The number of benzene rings is 1. The van der Waals surface area contributed by atoms with Crippen LogP contribution in [-0.2, 0) is 56.0 Å². The first kappa shape index (κ1) is 60.2. The predicted molar refractivity (Wildman–Crippen MR) is 263 cm³/mol. The summed E-state index contributed by atoms with van der Waals surface area (Å²) in [4.78, 5) is 21.4. The largest absolute Gasteiger partial charge is 0.501 e. The second kappa shape index (κ2) is 30.7. The van der Waals surface area contributed by atoms with E-state index in [-0.39, 0.29) is 61.2 Å². The summed E-state index contributed by atoms with van der Waals surface area (Å²) < 4.78 is 109. The molecule has 1 aliphatic rings. The molecule has 0 radical (unpaired) electrons. The van der Waals surface area contributed by atoms with Gasteiger partial charge in [-0.1, -0.05) is 17.4 Å². The third kappa shape index (κ3) is 20.2. The van der Waals surface area contributed by atoms with E-state index in [1.165, 1.54) is 30.4 Å². The van der Waals surface area contributed by atoms with Crippen molar-refractivity contribution >= 4 is 67.1 Å². The van der Waals surface area contributed by atoms with Crippen LogP contribution in [0.2, 0.25) is 12.1 Å². The summed E-state index contributed by atoms with van der Waals surface area (Å²) in [5, 5.41) is 31.2. The van der Waals surface area contributed by atoms with E-state index < -0.39 is 65.6 Å². The number of sulfone groups is 1. The number of primary amides is 1. The topological polar surface area (TPSA) is 349 Å². The van der Waals surface area contributed by atoms with Crippen LogP contribution >= 0.6 is 0 Å². The summed E-state index contributed by atoms with van der Waals surface area (Å²) in [5.74, 6) is -0.996. The Morgan fingerprint density at radius 3 is 1.81 bits per heavy atom. The standard InChI is InChI=1S/C40H71N11O15S2Si2/c1-7-61-69(62-8-2,63-9-3)28-14-23-59-25-20-42-22-27-67(54,55)40(53)19-18-33(49-51-50-36(41)52)31-35(40)45-39-47-37(46-38(48-39)44-32-16-13-17-34(30-32)68(56,57)58)43-21-26-60-24-15-29-70(64-10-4,65-11-5)66-12-6/h13,16-18,30-31,42,53H,7-12,14-15,19-29H2,1-6H3,(H,56,57,58)(H3,41,49,50,52)(H3,43,44,45,46,47,48). The Balaban J connectivity index is 1.80. The minimum absolute atomic E-state index is 0.0312. The molecule has 1 unspecified atom stereocenters. The van der Waals surface area contributed by atoms with Crippen molar-refractivity contribution in [2.75, 3.05) is 107 Å². The number of carbonyl (C=O) groups is 1. The average molecular weight is 1070 g/mol. The highest BCUT2D eigenvalue weighted by Crippen LogP contribution is 2.35. The number of rotatable bonds is 38. The smallest absolute Gasteiger partial charge is 0.380 e. The van der Waals surface area contributed by atoms with Gasteiger partial charge < -0.3 is 68.1 Å². The molecule has 1 heterocycles. The van der Waals surface area contributed by atoms with E-state index in [0.29, 0.717) is 84.3 Å². The van der Waals surface area contributed by atoms with Gasteiger partial charge in [-0.15, -0.1) is 5.11 Å². The maximum absolute atomic E-state index is 14.1. The number of nitrogens with two attached hydrogens (primary N) is 1. The maximum Gasteiger partial charge on any atom is 0.501 e. The van der Waals surface area contributed by atoms with Crippen molar-refractivity contribution in [2.45, 2.75) is 82.7 Å². The van der Waals surface area contributed by atoms with Crippen LogP contribution in [0.4, 0.5) is 28.3 Å². The number of urea groups is 1. The molecule has 1 aromatic carbocycles. The normalized spacial score (nSPS) is 15.7. The molecule has 0 spiro atoms. The molecule has 30 heteroatoms. The number of nitrogens with one attached hydrogen (secondary N) is 5. The number of aromatic nitrogens is 3. The van der Waals surface area contributed by atoms with Crippen molar-refractivity contribution in [1.29, 1.82) is 0 Å². The first-order valence-electron chi connectivity index (χ1n) is 23.1. The molecule has 0 fully saturated rings. The number of hydrogen-bond donors (Lipinski definition) is 8. The van der Waals surface area contributed by atoms with E-state index in [0.717, 1.165) is 6.07 Å². The first-order chi connectivity index (χ1) is 33.4. The molecule has 2 aromatic rings. The van der Waals surface area contributed by atoms with Gasteiger partial charge in [-0.25, -0.2) is 18.6 Å². The Hall–Kier alpha value is -4.13. The molecule has 1 atom stereocenters. The molecule has 3 rings (SSSR count). The van der Waals surface area contributed by atoms with Gasteiger partial charge in [0, 0.05) is 96.7 Å². The van der Waals surface area contributed by atoms with Crippen LogP contribution in [0, 0.1) is 0 Å². The quantitative estimate of drug-likeness (QED) is 0.0157. The van der Waals surface area contributed by atoms with E-state index >= 15 is 0 Å². The molecular weight excluding hydrogens is 995 g/mol. The lowest BCUT2D eigenvalue weighted by molar-refractivity contribution is 0.0656. The van der Waals surface area contributed by atoms with Crippen LogP contribution in [0.3, 0.4) is 0 Å². The Morgan fingerprint density at radius 1 is 0.757 bits per heavy atom. The van der Waals surface area contributed by atoms with Gasteiger partial charge in [0.25, 0.3) is 10.1 Å². The van der Waals surface area contributed by atoms with E-state index in [1.807, 2.05) is 47.0 Å². The molecule has 2 amide bonds. The zero-order valence-electron chi connectivity index (χ0n) is 40.7. The van der Waals surface area contributed by atoms with Crippen LogP contribution in [0.25, 0.3) is 0 Å². The highest BCUT2D eigenvalue weighted by Gasteiger charge is 2.47. The molecule has 396 valence electrons. The number of hydrogen-bond acceptors (Lipinski definition) is 23. The van der Waals surface area contributed by atoms with Gasteiger partial charge in [0.2, 0.25) is 22.8 Å². The van der Waals surface area contributed by atoms with Gasteiger partial charge in [0.15, 0.2) is 9.84 Å². The van der Waals surface area contributed by atoms with Crippen molar-refractivity contribution in [2.24, 2.45) is 16.1 Å². The molecule has 9 N–H and O–H groups in total. The van der Waals surface area contributed by atoms with Crippen LogP contribution in [0.5, 0.6) is 0 Å². The van der Waals surface area contributed by atoms with Gasteiger partial charge in [-0.2, -0.15) is 23.4 Å². The number of aliphatic hydroxyl groups is 1. The van der Waals surface area contributed by atoms with Gasteiger partial charge in [0.05, 0.1) is 35.3 Å². The van der Waals surface area contributed by atoms with Gasteiger partial charge in [-0.05, 0) is 78.7 Å². The number of nitrogens with zero attached hydrogens (tertiary/aromatic N) is 5. The van der Waals surface area contributed by atoms with Gasteiger partial charge in [0.1, 0.15) is 0 Å². The minimum atomic E-state index is -4.58. The molecular formula is C40H71N11O15S2Si2. The second-order valence-electron chi connectivity index (χ2n) is 14.8. The molecule has 70 heavy (non-hydrogen) atoms. The SMILES string of the molecule is CCO[Si](CCCOCCNCCS(=O)(=O)C1(O)CC=C(N=NNC(N)=O)C=C1Nc1nc(NCCOCCC[Si](OCC)(OCC)OCC)nc(Nc2cccc(S(=O)(=O)O)c2)n1)(OCC)OCC. The lowest BCUT2D eigenvalue weighted by Gasteiger charge is -2.32. The van der Waals surface area contributed by atoms with Gasteiger partial charge >= 0.3 is 23.6 Å². The molecule has 0 saturated carbocycles. The number of anilines is 4. The molecule has 0 aliphatic heterocycles. The predicted octanol–water partition coefficient (Wildman–Crippen LogP) is 3.50. The summed E-state index contributed by atoms with van der Waals surface area (Å²) in [6, 6.07) is 5.34.